The van der Waals surface area contributed by atoms with Crippen LogP contribution < -0.4 is 5.32 Å². The van der Waals surface area contributed by atoms with Gasteiger partial charge in [0.15, 0.2) is 0 Å². The summed E-state index contributed by atoms with van der Waals surface area (Å²) in [7, 11) is -2.92. The lowest BCUT2D eigenvalue weighted by Crippen LogP contribution is -2.28. The van der Waals surface area contributed by atoms with Gasteiger partial charge in [-0.25, -0.2) is 9.59 Å². The van der Waals surface area contributed by atoms with Crippen LogP contribution in [-0.4, -0.2) is 36.6 Å². The van der Waals surface area contributed by atoms with Crippen LogP contribution in [0.1, 0.15) is 12.5 Å². The Kier molecular flexibility index (Phi) is 7.51. The molecule has 1 rings (SSSR count). The number of carbonyl (C=O) groups is 2. The molecule has 0 radical (unpaired) electrons. The monoisotopic (exact) mass is 341 g/mol. The van der Waals surface area contributed by atoms with Crippen LogP contribution >= 0.6 is 7.37 Å². The molecule has 0 aliphatic carbocycles. The zero-order valence-corrected chi connectivity index (χ0v) is 13.9. The van der Waals surface area contributed by atoms with Gasteiger partial charge in [0, 0.05) is 12.8 Å². The van der Waals surface area contributed by atoms with E-state index in [9.17, 15) is 14.2 Å². The van der Waals surface area contributed by atoms with Crippen molar-refractivity contribution in [2.45, 2.75) is 13.5 Å². The number of carboxylic acid groups (broad SMARTS) is 1. The Hall–Kier alpha value is -2.11. The number of amides is 1. The third kappa shape index (κ3) is 7.63. The van der Waals surface area contributed by atoms with Crippen molar-refractivity contribution in [3.05, 3.63) is 47.7 Å². The van der Waals surface area contributed by atoms with E-state index in [0.717, 1.165) is 11.6 Å². The lowest BCUT2D eigenvalue weighted by molar-refractivity contribution is -0.133. The number of hydrogen-bond donors (Lipinski definition) is 2. The molecule has 0 fully saturated rings. The Morgan fingerprint density at radius 2 is 1.96 bits per heavy atom. The maximum absolute atomic E-state index is 11.9. The number of benzene rings is 1. The molecule has 0 saturated carbocycles. The van der Waals surface area contributed by atoms with Gasteiger partial charge in [0.2, 0.25) is 7.37 Å². The molecule has 1 aromatic rings. The maximum Gasteiger partial charge on any atom is 0.412 e. The predicted octanol–water partition coefficient (Wildman–Crippen LogP) is 2.83. The first-order chi connectivity index (χ1) is 10.8. The smallest absolute Gasteiger partial charge is 0.412 e. The Labute approximate surface area is 134 Å². The van der Waals surface area contributed by atoms with Crippen LogP contribution in [0.2, 0.25) is 0 Å². The van der Waals surface area contributed by atoms with Crippen molar-refractivity contribution in [1.82, 2.24) is 5.32 Å². The molecule has 0 aliphatic heterocycles. The first-order valence-corrected chi connectivity index (χ1v) is 9.22. The van der Waals surface area contributed by atoms with Gasteiger partial charge in [0.05, 0.1) is 6.61 Å². The van der Waals surface area contributed by atoms with E-state index in [1.165, 1.54) is 6.66 Å². The Bertz CT molecular complexity index is 614. The Morgan fingerprint density at radius 1 is 1.30 bits per heavy atom. The van der Waals surface area contributed by atoms with E-state index in [4.69, 9.17) is 14.4 Å². The van der Waals surface area contributed by atoms with Gasteiger partial charge >= 0.3 is 12.1 Å². The fraction of sp³-hybridized carbons (Fsp3) is 0.333. The van der Waals surface area contributed by atoms with E-state index < -0.39 is 25.1 Å². The summed E-state index contributed by atoms with van der Waals surface area (Å²) in [6.45, 7) is 3.37. The highest BCUT2D eigenvalue weighted by molar-refractivity contribution is 7.58. The molecular formula is C15H20NO6P. The summed E-state index contributed by atoms with van der Waals surface area (Å²) in [6.07, 6.45) is 0.161. The number of alkyl carbamates (subject to hydrolysis) is 1. The highest BCUT2D eigenvalue weighted by atomic mass is 31.2. The molecule has 1 amide bonds. The number of hydrogen-bond acceptors (Lipinski definition) is 5. The molecule has 1 aromatic carbocycles. The summed E-state index contributed by atoms with van der Waals surface area (Å²) in [4.78, 5) is 22.8. The van der Waals surface area contributed by atoms with Gasteiger partial charge in [0.25, 0.3) is 0 Å². The molecule has 0 aliphatic rings. The number of aliphatic carboxylic acids is 1. The van der Waals surface area contributed by atoms with Crippen molar-refractivity contribution in [3.63, 3.8) is 0 Å². The number of ether oxygens (including phenoxy) is 1. The number of rotatable bonds is 8. The van der Waals surface area contributed by atoms with Crippen LogP contribution in [0.15, 0.2) is 42.1 Å². The molecule has 0 aromatic heterocycles. The van der Waals surface area contributed by atoms with Gasteiger partial charge in [-0.05, 0) is 18.6 Å². The number of allylic oxidation sites excluding steroid dienone is 1. The molecule has 2 N–H and O–H groups in total. The molecule has 0 heterocycles. The topological polar surface area (TPSA) is 102 Å². The fourth-order valence-corrected chi connectivity index (χ4v) is 2.81. The van der Waals surface area contributed by atoms with Gasteiger partial charge in [0.1, 0.15) is 12.3 Å². The van der Waals surface area contributed by atoms with Crippen LogP contribution in [0.3, 0.4) is 0 Å². The van der Waals surface area contributed by atoms with Crippen molar-refractivity contribution < 1.29 is 28.5 Å². The zero-order chi connectivity index (χ0) is 17.3. The van der Waals surface area contributed by atoms with Gasteiger partial charge in [-0.1, -0.05) is 30.3 Å². The molecule has 126 valence electrons. The highest BCUT2D eigenvalue weighted by Gasteiger charge is 2.17. The second-order valence-corrected chi connectivity index (χ2v) is 7.38. The quantitative estimate of drug-likeness (QED) is 0.557. The van der Waals surface area contributed by atoms with E-state index in [1.807, 2.05) is 6.07 Å². The molecule has 0 bridgehead atoms. The number of carbonyl (C=O) groups excluding carboxylic acids is 1. The number of carboxylic acids is 1. The molecule has 0 spiro atoms. The van der Waals surface area contributed by atoms with Crippen molar-refractivity contribution in [1.29, 1.82) is 0 Å². The van der Waals surface area contributed by atoms with Crippen LogP contribution in [0.5, 0.6) is 0 Å². The summed E-state index contributed by atoms with van der Waals surface area (Å²) in [5.74, 6) is -1.35. The summed E-state index contributed by atoms with van der Waals surface area (Å²) in [6, 6.07) is 8.97. The zero-order valence-electron chi connectivity index (χ0n) is 13.0. The van der Waals surface area contributed by atoms with E-state index in [1.54, 1.807) is 31.2 Å². The summed E-state index contributed by atoms with van der Waals surface area (Å²) >= 11 is 0. The van der Waals surface area contributed by atoms with Crippen molar-refractivity contribution >= 4 is 19.4 Å². The SMILES string of the molecule is CCOP(C)(=O)C/C=C(\NC(=O)OCc1ccccc1)C(=O)O. The van der Waals surface area contributed by atoms with Gasteiger partial charge in [-0.15, -0.1) is 0 Å². The van der Waals surface area contributed by atoms with Crippen LogP contribution in [-0.2, 0) is 25.2 Å². The Balaban J connectivity index is 2.59. The normalized spacial score (nSPS) is 13.9. The summed E-state index contributed by atoms with van der Waals surface area (Å²) in [5, 5.41) is 11.2. The lowest BCUT2D eigenvalue weighted by atomic mass is 10.2. The lowest BCUT2D eigenvalue weighted by Gasteiger charge is -2.11. The average molecular weight is 341 g/mol. The van der Waals surface area contributed by atoms with Crippen molar-refractivity contribution in [2.24, 2.45) is 0 Å². The van der Waals surface area contributed by atoms with Crippen molar-refractivity contribution in [2.75, 3.05) is 19.4 Å². The molecule has 8 heteroatoms. The molecule has 1 atom stereocenters. The van der Waals surface area contributed by atoms with Crippen LogP contribution in [0.25, 0.3) is 0 Å². The summed E-state index contributed by atoms with van der Waals surface area (Å²) in [5.41, 5.74) is 0.378. The second kappa shape index (κ2) is 9.12. The standard InChI is InChI=1S/C15H20NO6P/c1-3-22-23(2,20)10-9-13(14(17)18)16-15(19)21-11-12-7-5-4-6-8-12/h4-9H,3,10-11H2,1-2H3,(H,16,19)(H,17,18)/b13-9-. The predicted molar refractivity (Wildman–Crippen MR) is 85.5 cm³/mol. The first kappa shape index (κ1) is 18.9. The van der Waals surface area contributed by atoms with E-state index in [0.29, 0.717) is 0 Å². The number of nitrogens with one attached hydrogen (secondary N) is 1. The third-order valence-corrected chi connectivity index (χ3v) is 4.36. The largest absolute Gasteiger partial charge is 0.477 e. The van der Waals surface area contributed by atoms with Gasteiger partial charge in [-0.2, -0.15) is 0 Å². The molecular weight excluding hydrogens is 321 g/mol. The van der Waals surface area contributed by atoms with E-state index in [-0.39, 0.29) is 19.4 Å². The van der Waals surface area contributed by atoms with Gasteiger partial charge in [-0.3, -0.25) is 9.88 Å². The first-order valence-electron chi connectivity index (χ1n) is 6.96. The Morgan fingerprint density at radius 3 is 2.52 bits per heavy atom. The molecule has 7 nitrogen and oxygen atoms in total. The maximum atomic E-state index is 11.9. The van der Waals surface area contributed by atoms with Crippen molar-refractivity contribution in [3.8, 4) is 0 Å². The highest BCUT2D eigenvalue weighted by Crippen LogP contribution is 2.42. The molecule has 0 saturated heterocycles. The van der Waals surface area contributed by atoms with Gasteiger partial charge < -0.3 is 14.4 Å². The van der Waals surface area contributed by atoms with Crippen LogP contribution in [0, 0.1) is 0 Å². The minimum Gasteiger partial charge on any atom is -0.477 e. The van der Waals surface area contributed by atoms with E-state index in [2.05, 4.69) is 5.32 Å². The second-order valence-electron chi connectivity index (χ2n) is 4.72. The minimum absolute atomic E-state index is 0.0186. The molecule has 1 unspecified atom stereocenters. The minimum atomic E-state index is -2.92. The fourth-order valence-electron chi connectivity index (χ4n) is 1.64. The summed E-state index contributed by atoms with van der Waals surface area (Å²) < 4.78 is 21.9. The average Bonchev–Trinajstić information content (AvgIpc) is 2.50. The third-order valence-electron chi connectivity index (χ3n) is 2.71. The van der Waals surface area contributed by atoms with Crippen LogP contribution in [0.4, 0.5) is 4.79 Å². The van der Waals surface area contributed by atoms with E-state index >= 15 is 0 Å². The molecule has 23 heavy (non-hydrogen) atoms.